The van der Waals surface area contributed by atoms with Crippen LogP contribution in [0.2, 0.25) is 0 Å². The molecule has 2 aromatic heterocycles. The van der Waals surface area contributed by atoms with Gasteiger partial charge in [-0.05, 0) is 25.2 Å². The minimum absolute atomic E-state index is 0.0266. The van der Waals surface area contributed by atoms with Crippen molar-refractivity contribution >= 4 is 34.6 Å². The predicted octanol–water partition coefficient (Wildman–Crippen LogP) is 4.07. The van der Waals surface area contributed by atoms with Crippen LogP contribution in [0.5, 0.6) is 0 Å². The van der Waals surface area contributed by atoms with E-state index in [9.17, 15) is 4.79 Å². The number of rotatable bonds is 5. The Kier molecular flexibility index (Phi) is 5.09. The summed E-state index contributed by atoms with van der Waals surface area (Å²) in [6, 6.07) is 17.6. The number of aromatic nitrogens is 5. The summed E-state index contributed by atoms with van der Waals surface area (Å²) < 4.78 is 2.05. The number of amides is 1. The van der Waals surface area contributed by atoms with Crippen LogP contribution in [0, 0.1) is 11.7 Å². The average Bonchev–Trinajstić information content (AvgIpc) is 3.30. The number of aryl methyl sites for hydroxylation is 1. The molecule has 2 aromatic carbocycles. The van der Waals surface area contributed by atoms with Gasteiger partial charge in [0, 0.05) is 11.1 Å². The van der Waals surface area contributed by atoms with Crippen LogP contribution in [0.15, 0.2) is 54.6 Å². The van der Waals surface area contributed by atoms with Gasteiger partial charge in [0.05, 0.1) is 0 Å². The Morgan fingerprint density at radius 3 is 2.71 bits per heavy atom. The van der Waals surface area contributed by atoms with Crippen LogP contribution in [0.25, 0.3) is 22.0 Å². The van der Waals surface area contributed by atoms with Gasteiger partial charge in [0.2, 0.25) is 11.0 Å². The van der Waals surface area contributed by atoms with E-state index in [-0.39, 0.29) is 12.5 Å². The Morgan fingerprint density at radius 2 is 1.93 bits per heavy atom. The molecule has 0 saturated heterocycles. The quantitative estimate of drug-likeness (QED) is 0.486. The first kappa shape index (κ1) is 18.2. The molecule has 2 heterocycles. The molecule has 0 unspecified atom stereocenters. The summed E-state index contributed by atoms with van der Waals surface area (Å²) in [5.74, 6) is 0.369. The first-order valence-electron chi connectivity index (χ1n) is 8.51. The van der Waals surface area contributed by atoms with Crippen LogP contribution in [-0.4, -0.2) is 30.9 Å². The molecule has 4 aromatic rings. The standard InChI is InChI=1S/C19H16N6OS2/c1-12-6-5-9-14(10-12)16-21-24-19(27)25(16)11-15(26)20-18-23-22-17(28-18)13-7-3-2-4-8-13/h2-10H,11H2,1H3,(H,24,27)(H,20,23,26). The van der Waals surface area contributed by atoms with Crippen LogP contribution < -0.4 is 5.32 Å². The molecule has 140 valence electrons. The number of carbonyl (C=O) groups excluding carboxylic acids is 1. The predicted molar refractivity (Wildman–Crippen MR) is 112 cm³/mol. The van der Waals surface area contributed by atoms with Gasteiger partial charge in [-0.3, -0.25) is 19.8 Å². The molecule has 0 aliphatic rings. The fourth-order valence-electron chi connectivity index (χ4n) is 2.74. The number of benzene rings is 2. The van der Waals surface area contributed by atoms with E-state index >= 15 is 0 Å². The second-order valence-corrected chi connectivity index (χ2v) is 7.50. The molecule has 28 heavy (non-hydrogen) atoms. The molecule has 0 spiro atoms. The highest BCUT2D eigenvalue weighted by Gasteiger charge is 2.14. The lowest BCUT2D eigenvalue weighted by Gasteiger charge is -2.07. The van der Waals surface area contributed by atoms with Crippen LogP contribution >= 0.6 is 23.6 Å². The minimum atomic E-state index is -0.248. The van der Waals surface area contributed by atoms with E-state index in [4.69, 9.17) is 12.2 Å². The van der Waals surface area contributed by atoms with Gasteiger partial charge in [0.25, 0.3) is 0 Å². The molecule has 7 nitrogen and oxygen atoms in total. The molecule has 2 N–H and O–H groups in total. The van der Waals surface area contributed by atoms with E-state index in [0.29, 0.717) is 15.7 Å². The highest BCUT2D eigenvalue weighted by atomic mass is 32.1. The number of hydrogen-bond donors (Lipinski definition) is 2. The molecule has 0 aliphatic heterocycles. The molecule has 0 fully saturated rings. The van der Waals surface area contributed by atoms with Gasteiger partial charge in [0.15, 0.2) is 10.6 Å². The molecular formula is C19H16N6OS2. The normalized spacial score (nSPS) is 10.8. The zero-order valence-electron chi connectivity index (χ0n) is 14.9. The molecule has 0 atom stereocenters. The number of H-pyrrole nitrogens is 1. The third-order valence-corrected chi connectivity index (χ3v) is 5.23. The lowest BCUT2D eigenvalue weighted by Crippen LogP contribution is -2.19. The van der Waals surface area contributed by atoms with E-state index in [1.54, 1.807) is 4.57 Å². The zero-order valence-corrected chi connectivity index (χ0v) is 16.5. The zero-order chi connectivity index (χ0) is 19.5. The Bertz CT molecular complexity index is 1180. The third kappa shape index (κ3) is 3.90. The maximum absolute atomic E-state index is 12.5. The smallest absolute Gasteiger partial charge is 0.246 e. The van der Waals surface area contributed by atoms with Crippen LogP contribution in [0.4, 0.5) is 5.13 Å². The third-order valence-electron chi connectivity index (χ3n) is 4.03. The summed E-state index contributed by atoms with van der Waals surface area (Å²) >= 11 is 6.62. The lowest BCUT2D eigenvalue weighted by molar-refractivity contribution is -0.116. The summed E-state index contributed by atoms with van der Waals surface area (Å²) in [6.07, 6.45) is 0. The largest absolute Gasteiger partial charge is 0.299 e. The molecule has 9 heteroatoms. The molecular weight excluding hydrogens is 392 g/mol. The molecule has 4 rings (SSSR count). The molecule has 0 radical (unpaired) electrons. The van der Waals surface area contributed by atoms with Crippen molar-refractivity contribution in [1.29, 1.82) is 0 Å². The molecule has 0 aliphatic carbocycles. The fourth-order valence-corrected chi connectivity index (χ4v) is 3.70. The van der Waals surface area contributed by atoms with Gasteiger partial charge in [-0.15, -0.1) is 10.2 Å². The highest BCUT2D eigenvalue weighted by molar-refractivity contribution is 7.71. The van der Waals surface area contributed by atoms with Crippen molar-refractivity contribution < 1.29 is 4.79 Å². The van der Waals surface area contributed by atoms with Gasteiger partial charge in [-0.2, -0.15) is 5.10 Å². The maximum atomic E-state index is 12.5. The van der Waals surface area contributed by atoms with E-state index in [0.717, 1.165) is 21.7 Å². The first-order valence-corrected chi connectivity index (χ1v) is 9.73. The monoisotopic (exact) mass is 408 g/mol. The second-order valence-electron chi connectivity index (χ2n) is 6.13. The summed E-state index contributed by atoms with van der Waals surface area (Å²) in [5.41, 5.74) is 2.95. The fraction of sp³-hybridized carbons (Fsp3) is 0.105. The molecule has 1 amide bonds. The SMILES string of the molecule is Cc1cccc(-c2n[nH]c(=S)n2CC(=O)Nc2nnc(-c3ccccc3)s2)c1. The van der Waals surface area contributed by atoms with Gasteiger partial charge in [-0.1, -0.05) is 65.4 Å². The average molecular weight is 409 g/mol. The van der Waals surface area contributed by atoms with E-state index in [1.165, 1.54) is 11.3 Å². The summed E-state index contributed by atoms with van der Waals surface area (Å²) in [6.45, 7) is 2.03. The van der Waals surface area contributed by atoms with Gasteiger partial charge in [-0.25, -0.2) is 0 Å². The first-order chi connectivity index (χ1) is 13.6. The van der Waals surface area contributed by atoms with E-state index in [1.807, 2.05) is 61.5 Å². The second kappa shape index (κ2) is 7.83. The van der Waals surface area contributed by atoms with Crippen LogP contribution in [-0.2, 0) is 11.3 Å². The Morgan fingerprint density at radius 1 is 1.14 bits per heavy atom. The van der Waals surface area contributed by atoms with Crippen LogP contribution in [0.1, 0.15) is 5.56 Å². The maximum Gasteiger partial charge on any atom is 0.246 e. The lowest BCUT2D eigenvalue weighted by atomic mass is 10.1. The van der Waals surface area contributed by atoms with Crippen molar-refractivity contribution in [3.05, 3.63) is 64.9 Å². The molecule has 0 bridgehead atoms. The number of anilines is 1. The number of nitrogens with zero attached hydrogens (tertiary/aromatic N) is 4. The Hall–Kier alpha value is -3.17. The van der Waals surface area contributed by atoms with E-state index < -0.39 is 0 Å². The number of hydrogen-bond acceptors (Lipinski definition) is 6. The Labute approximate surface area is 170 Å². The Balaban J connectivity index is 1.52. The van der Waals surface area contributed by atoms with Crippen molar-refractivity contribution in [3.8, 4) is 22.0 Å². The summed E-state index contributed by atoms with van der Waals surface area (Å²) in [5, 5.41) is 19.2. The van der Waals surface area contributed by atoms with Crippen molar-refractivity contribution in [3.63, 3.8) is 0 Å². The number of aromatic amines is 1. The van der Waals surface area contributed by atoms with Crippen molar-refractivity contribution in [2.45, 2.75) is 13.5 Å². The summed E-state index contributed by atoms with van der Waals surface area (Å²) in [4.78, 5) is 12.5. The van der Waals surface area contributed by atoms with Gasteiger partial charge >= 0.3 is 0 Å². The topological polar surface area (TPSA) is 88.5 Å². The summed E-state index contributed by atoms with van der Waals surface area (Å²) in [7, 11) is 0. The van der Waals surface area contributed by atoms with Crippen molar-refractivity contribution in [2.24, 2.45) is 0 Å². The van der Waals surface area contributed by atoms with Crippen molar-refractivity contribution in [1.82, 2.24) is 25.0 Å². The highest BCUT2D eigenvalue weighted by Crippen LogP contribution is 2.26. The number of nitrogens with one attached hydrogen (secondary N) is 2. The van der Waals surface area contributed by atoms with E-state index in [2.05, 4.69) is 25.7 Å². The van der Waals surface area contributed by atoms with Crippen LogP contribution in [0.3, 0.4) is 0 Å². The molecule has 0 saturated carbocycles. The minimum Gasteiger partial charge on any atom is -0.299 e. The van der Waals surface area contributed by atoms with Crippen molar-refractivity contribution in [2.75, 3.05) is 5.32 Å². The van der Waals surface area contributed by atoms with Gasteiger partial charge in [0.1, 0.15) is 11.6 Å². The van der Waals surface area contributed by atoms with Gasteiger partial charge < -0.3 is 0 Å². The number of carbonyl (C=O) groups is 1.